The van der Waals surface area contributed by atoms with E-state index < -0.39 is 0 Å². The van der Waals surface area contributed by atoms with E-state index in [0.29, 0.717) is 0 Å². The van der Waals surface area contributed by atoms with Crippen LogP contribution in [0.4, 0.5) is 0 Å². The summed E-state index contributed by atoms with van der Waals surface area (Å²) >= 11 is 3.74. The third kappa shape index (κ3) is 6.50. The fourth-order valence-corrected chi connectivity index (χ4v) is 7.54. The van der Waals surface area contributed by atoms with Crippen molar-refractivity contribution < 1.29 is 9.47 Å². The fraction of sp³-hybridized carbons (Fsp3) is 0.474. The summed E-state index contributed by atoms with van der Waals surface area (Å²) in [6.07, 6.45) is 0. The highest BCUT2D eigenvalue weighted by atomic mass is 32.1. The first kappa shape index (κ1) is 32.4. The number of ether oxygens (including phenoxy) is 2. The minimum absolute atomic E-state index is 0.0275. The molecule has 4 aromatic rings. The van der Waals surface area contributed by atoms with E-state index in [1.165, 1.54) is 52.9 Å². The standard InChI is InChI=1S/C38H50O2S2/c1-35(2,3)25-19-23(20-26(33(25)39-13)36(4,5)6)29-15-17-31(41-29)32-18-16-30(42-32)24-21-27(37(7,8)9)34(40-14)28(22-24)38(10,11)12/h15-22H,1-14H3. The zero-order valence-electron chi connectivity index (χ0n) is 28.3. The molecule has 0 aliphatic rings. The molecule has 42 heavy (non-hydrogen) atoms. The predicted molar refractivity (Wildman–Crippen MR) is 186 cm³/mol. The van der Waals surface area contributed by atoms with E-state index in [0.717, 1.165) is 11.5 Å². The number of rotatable bonds is 5. The first-order valence-corrected chi connectivity index (χ1v) is 16.6. The summed E-state index contributed by atoms with van der Waals surface area (Å²) in [5.41, 5.74) is 7.43. The molecule has 4 heteroatoms. The monoisotopic (exact) mass is 602 g/mol. The van der Waals surface area contributed by atoms with Crippen molar-refractivity contribution in [3.8, 4) is 42.1 Å². The quantitative estimate of drug-likeness (QED) is 0.226. The van der Waals surface area contributed by atoms with Crippen molar-refractivity contribution in [1.29, 1.82) is 0 Å². The SMILES string of the molecule is COc1c(C(C)(C)C)cc(-c2ccc(-c3ccc(-c4cc(C(C)(C)C)c(OC)c(C(C)(C)C)c4)s3)s2)cc1C(C)(C)C. The average molecular weight is 603 g/mol. The van der Waals surface area contributed by atoms with E-state index in [2.05, 4.69) is 132 Å². The van der Waals surface area contributed by atoms with Crippen LogP contribution in [-0.2, 0) is 21.7 Å². The van der Waals surface area contributed by atoms with Gasteiger partial charge in [0.25, 0.3) is 0 Å². The summed E-state index contributed by atoms with van der Waals surface area (Å²) in [4.78, 5) is 5.17. The van der Waals surface area contributed by atoms with Crippen LogP contribution in [0.15, 0.2) is 48.5 Å². The predicted octanol–water partition coefficient (Wildman–Crippen LogP) is 12.0. The van der Waals surface area contributed by atoms with Crippen LogP contribution in [0.2, 0.25) is 0 Å². The molecule has 0 aliphatic carbocycles. The van der Waals surface area contributed by atoms with Crippen LogP contribution in [-0.4, -0.2) is 14.2 Å². The Bertz CT molecular complexity index is 1380. The van der Waals surface area contributed by atoms with Crippen LogP contribution < -0.4 is 9.47 Å². The molecule has 0 atom stereocenters. The molecule has 0 spiro atoms. The molecule has 0 bridgehead atoms. The lowest BCUT2D eigenvalue weighted by molar-refractivity contribution is 0.381. The first-order valence-electron chi connectivity index (χ1n) is 14.9. The smallest absolute Gasteiger partial charge is 0.126 e. The molecule has 4 rings (SSSR count). The Morgan fingerprint density at radius 1 is 0.405 bits per heavy atom. The van der Waals surface area contributed by atoms with Crippen LogP contribution in [0.3, 0.4) is 0 Å². The molecule has 0 N–H and O–H groups in total. The van der Waals surface area contributed by atoms with E-state index in [-0.39, 0.29) is 21.7 Å². The summed E-state index contributed by atoms with van der Waals surface area (Å²) in [6.45, 7) is 27.2. The largest absolute Gasteiger partial charge is 0.496 e. The van der Waals surface area contributed by atoms with Crippen LogP contribution in [0.25, 0.3) is 30.6 Å². The Kier molecular flexibility index (Phi) is 8.61. The molecule has 0 saturated carbocycles. The van der Waals surface area contributed by atoms with Gasteiger partial charge in [-0.05, 0) is 81.3 Å². The van der Waals surface area contributed by atoms with E-state index in [1.807, 2.05) is 22.7 Å². The highest BCUT2D eigenvalue weighted by Gasteiger charge is 2.29. The highest BCUT2D eigenvalue weighted by molar-refractivity contribution is 7.25. The van der Waals surface area contributed by atoms with Gasteiger partial charge in [-0.1, -0.05) is 83.1 Å². The Hall–Kier alpha value is -2.56. The number of hydrogen-bond donors (Lipinski definition) is 0. The van der Waals surface area contributed by atoms with Gasteiger partial charge in [0.2, 0.25) is 0 Å². The minimum Gasteiger partial charge on any atom is -0.496 e. The zero-order chi connectivity index (χ0) is 31.4. The third-order valence-corrected chi connectivity index (χ3v) is 10.3. The zero-order valence-corrected chi connectivity index (χ0v) is 29.9. The van der Waals surface area contributed by atoms with Gasteiger partial charge in [0.15, 0.2) is 0 Å². The molecule has 2 aromatic carbocycles. The number of benzene rings is 2. The Morgan fingerprint density at radius 2 is 0.643 bits per heavy atom. The molecule has 2 nitrogen and oxygen atoms in total. The van der Waals surface area contributed by atoms with E-state index in [9.17, 15) is 0 Å². The summed E-state index contributed by atoms with van der Waals surface area (Å²) in [5.74, 6) is 2.03. The second kappa shape index (κ2) is 11.2. The molecule has 0 saturated heterocycles. The van der Waals surface area contributed by atoms with Gasteiger partial charge in [-0.2, -0.15) is 0 Å². The molecule has 0 radical (unpaired) electrons. The maximum atomic E-state index is 6.01. The maximum absolute atomic E-state index is 6.01. The lowest BCUT2D eigenvalue weighted by atomic mass is 9.78. The van der Waals surface area contributed by atoms with Crippen molar-refractivity contribution in [2.45, 2.75) is 105 Å². The minimum atomic E-state index is -0.0275. The molecule has 0 unspecified atom stereocenters. The van der Waals surface area contributed by atoms with Gasteiger partial charge >= 0.3 is 0 Å². The molecule has 2 aromatic heterocycles. The molecule has 0 aliphatic heterocycles. The lowest BCUT2D eigenvalue weighted by Gasteiger charge is -2.30. The fourth-order valence-electron chi connectivity index (χ4n) is 5.46. The van der Waals surface area contributed by atoms with E-state index >= 15 is 0 Å². The van der Waals surface area contributed by atoms with Crippen LogP contribution in [0.1, 0.15) is 105 Å². The van der Waals surface area contributed by atoms with E-state index in [1.54, 1.807) is 14.2 Å². The Labute approximate surface area is 263 Å². The second-order valence-corrected chi connectivity index (χ2v) is 17.7. The van der Waals surface area contributed by atoms with Crippen molar-refractivity contribution in [2.75, 3.05) is 14.2 Å². The van der Waals surface area contributed by atoms with Crippen molar-refractivity contribution in [3.63, 3.8) is 0 Å². The Morgan fingerprint density at radius 3 is 0.857 bits per heavy atom. The first-order chi connectivity index (χ1) is 19.3. The van der Waals surface area contributed by atoms with Crippen molar-refractivity contribution in [2.24, 2.45) is 0 Å². The van der Waals surface area contributed by atoms with Crippen LogP contribution in [0.5, 0.6) is 11.5 Å². The van der Waals surface area contributed by atoms with Gasteiger partial charge in [0.05, 0.1) is 14.2 Å². The third-order valence-electron chi connectivity index (χ3n) is 7.84. The average Bonchev–Trinajstić information content (AvgIpc) is 3.55. The van der Waals surface area contributed by atoms with Gasteiger partial charge in [0, 0.05) is 41.8 Å². The maximum Gasteiger partial charge on any atom is 0.126 e. The summed E-state index contributed by atoms with van der Waals surface area (Å²) < 4.78 is 12.0. The molecular weight excluding hydrogens is 553 g/mol. The van der Waals surface area contributed by atoms with E-state index in [4.69, 9.17) is 9.47 Å². The van der Waals surface area contributed by atoms with Gasteiger partial charge in [0.1, 0.15) is 11.5 Å². The van der Waals surface area contributed by atoms with Crippen molar-refractivity contribution in [1.82, 2.24) is 0 Å². The van der Waals surface area contributed by atoms with Crippen LogP contribution >= 0.6 is 22.7 Å². The second-order valence-electron chi connectivity index (χ2n) is 15.5. The summed E-state index contributed by atoms with van der Waals surface area (Å²) in [7, 11) is 3.60. The lowest BCUT2D eigenvalue weighted by Crippen LogP contribution is -2.19. The van der Waals surface area contributed by atoms with Gasteiger partial charge < -0.3 is 9.47 Å². The van der Waals surface area contributed by atoms with Crippen molar-refractivity contribution >= 4 is 22.7 Å². The van der Waals surface area contributed by atoms with Gasteiger partial charge in [-0.15, -0.1) is 22.7 Å². The molecule has 0 amide bonds. The molecule has 0 fully saturated rings. The molecule has 226 valence electrons. The molecule has 2 heterocycles. The highest BCUT2D eigenvalue weighted by Crippen LogP contribution is 2.47. The Balaban J connectivity index is 1.80. The van der Waals surface area contributed by atoms with Gasteiger partial charge in [-0.3, -0.25) is 0 Å². The normalized spacial score (nSPS) is 13.0. The topological polar surface area (TPSA) is 18.5 Å². The summed E-state index contributed by atoms with van der Waals surface area (Å²) in [5, 5.41) is 0. The molecular formula is C38H50O2S2. The van der Waals surface area contributed by atoms with Crippen LogP contribution in [0, 0.1) is 0 Å². The number of methoxy groups -OCH3 is 2. The number of thiophene rings is 2. The number of hydrogen-bond acceptors (Lipinski definition) is 4. The summed E-state index contributed by atoms with van der Waals surface area (Å²) in [6, 6.07) is 18.5. The van der Waals surface area contributed by atoms with Gasteiger partial charge in [-0.25, -0.2) is 0 Å². The van der Waals surface area contributed by atoms with Crippen molar-refractivity contribution in [3.05, 3.63) is 70.8 Å².